The van der Waals surface area contributed by atoms with E-state index in [4.69, 9.17) is 33.0 Å². The molecule has 0 fully saturated rings. The average molecular weight is 378 g/mol. The number of carbonyl (C=O) groups is 1. The largest absolute Gasteiger partial charge is 0.464 e. The summed E-state index contributed by atoms with van der Waals surface area (Å²) in [5, 5.41) is 5.74. The Morgan fingerprint density at radius 1 is 1.24 bits per heavy atom. The van der Waals surface area contributed by atoms with Crippen molar-refractivity contribution in [2.24, 2.45) is 5.92 Å². The molecule has 1 aromatic carbocycles. The van der Waals surface area contributed by atoms with E-state index < -0.39 is 5.97 Å². The third-order valence-corrected chi connectivity index (χ3v) is 4.27. The van der Waals surface area contributed by atoms with Crippen LogP contribution in [0.4, 0.5) is 0 Å². The summed E-state index contributed by atoms with van der Waals surface area (Å²) in [6.07, 6.45) is 0.729. The Labute approximate surface area is 155 Å². The smallest absolute Gasteiger partial charge is 0.356 e. The van der Waals surface area contributed by atoms with E-state index in [2.05, 4.69) is 18.8 Å². The number of methoxy groups -OCH3 is 1. The maximum Gasteiger partial charge on any atom is 0.356 e. The molecule has 0 unspecified atom stereocenters. The Balaban J connectivity index is 2.24. The Bertz CT molecular complexity index is 951. The van der Waals surface area contributed by atoms with Crippen LogP contribution in [0.2, 0.25) is 10.0 Å². The lowest BCUT2D eigenvalue weighted by Gasteiger charge is -2.06. The van der Waals surface area contributed by atoms with Gasteiger partial charge in [-0.1, -0.05) is 37.0 Å². The van der Waals surface area contributed by atoms with Gasteiger partial charge in [0.1, 0.15) is 11.2 Å². The van der Waals surface area contributed by atoms with Crippen LogP contribution in [-0.2, 0) is 11.2 Å². The van der Waals surface area contributed by atoms with E-state index in [-0.39, 0.29) is 5.69 Å². The molecule has 2 aromatic heterocycles. The molecular formula is C18H17Cl2N3O2. The van der Waals surface area contributed by atoms with Crippen molar-refractivity contribution in [3.8, 4) is 5.69 Å². The van der Waals surface area contributed by atoms with Crippen molar-refractivity contribution in [2.45, 2.75) is 20.3 Å². The number of carbonyl (C=O) groups excluding carboxylic acids is 1. The van der Waals surface area contributed by atoms with Crippen LogP contribution in [0, 0.1) is 5.92 Å². The number of hydrogen-bond acceptors (Lipinski definition) is 4. The highest BCUT2D eigenvalue weighted by Gasteiger charge is 2.18. The normalized spacial score (nSPS) is 11.3. The van der Waals surface area contributed by atoms with Gasteiger partial charge in [0.15, 0.2) is 0 Å². The maximum atomic E-state index is 11.8. The van der Waals surface area contributed by atoms with Crippen LogP contribution in [0.1, 0.15) is 30.0 Å². The van der Waals surface area contributed by atoms with Crippen molar-refractivity contribution in [3.05, 3.63) is 51.8 Å². The summed E-state index contributed by atoms with van der Waals surface area (Å²) in [5.41, 5.74) is 3.21. The minimum absolute atomic E-state index is 0.252. The molecule has 0 saturated carbocycles. The summed E-state index contributed by atoms with van der Waals surface area (Å²) in [5.74, 6) is -0.0921. The molecule has 0 aliphatic rings. The Kier molecular flexibility index (Phi) is 4.97. The molecule has 0 aliphatic carbocycles. The molecule has 130 valence electrons. The zero-order chi connectivity index (χ0) is 18.1. The first-order valence-corrected chi connectivity index (χ1v) is 8.58. The fourth-order valence-corrected chi connectivity index (χ4v) is 3.12. The number of halogens is 2. The molecular weight excluding hydrogens is 361 g/mol. The monoisotopic (exact) mass is 377 g/mol. The lowest BCUT2D eigenvalue weighted by atomic mass is 10.1. The average Bonchev–Trinajstić information content (AvgIpc) is 2.91. The highest BCUT2D eigenvalue weighted by Crippen LogP contribution is 2.29. The maximum absolute atomic E-state index is 11.8. The van der Waals surface area contributed by atoms with E-state index in [1.165, 1.54) is 7.11 Å². The number of pyridine rings is 1. The summed E-state index contributed by atoms with van der Waals surface area (Å²) in [6.45, 7) is 4.20. The van der Waals surface area contributed by atoms with Crippen molar-refractivity contribution in [1.29, 1.82) is 0 Å². The molecule has 0 aliphatic heterocycles. The standard InChI is InChI=1S/C18H17Cl2N3O2/c1-10(2)8-14-17-16(7-5-13(21-17)18(24)25-3)23(22-14)15-6-4-11(19)9-12(15)20/h4-7,9-10H,8H2,1-3H3. The highest BCUT2D eigenvalue weighted by molar-refractivity contribution is 6.35. The van der Waals surface area contributed by atoms with Crippen molar-refractivity contribution in [1.82, 2.24) is 14.8 Å². The van der Waals surface area contributed by atoms with Gasteiger partial charge in [-0.2, -0.15) is 5.10 Å². The quantitative estimate of drug-likeness (QED) is 0.617. The first-order valence-electron chi connectivity index (χ1n) is 7.83. The second-order valence-electron chi connectivity index (χ2n) is 6.11. The van der Waals surface area contributed by atoms with Crippen LogP contribution in [0.15, 0.2) is 30.3 Å². The molecule has 7 heteroatoms. The topological polar surface area (TPSA) is 57.0 Å². The number of rotatable bonds is 4. The van der Waals surface area contributed by atoms with Gasteiger partial charge in [-0.3, -0.25) is 0 Å². The first-order chi connectivity index (χ1) is 11.9. The molecule has 0 saturated heterocycles. The van der Waals surface area contributed by atoms with Crippen molar-refractivity contribution in [2.75, 3.05) is 7.11 Å². The molecule has 0 atom stereocenters. The van der Waals surface area contributed by atoms with Gasteiger partial charge in [0.25, 0.3) is 0 Å². The molecule has 2 heterocycles. The number of esters is 1. The molecule has 0 spiro atoms. The second kappa shape index (κ2) is 7.02. The minimum Gasteiger partial charge on any atom is -0.464 e. The van der Waals surface area contributed by atoms with Gasteiger partial charge in [-0.15, -0.1) is 0 Å². The number of fused-ring (bicyclic) bond motifs is 1. The zero-order valence-electron chi connectivity index (χ0n) is 14.1. The van der Waals surface area contributed by atoms with Crippen LogP contribution < -0.4 is 0 Å². The lowest BCUT2D eigenvalue weighted by molar-refractivity contribution is 0.0594. The van der Waals surface area contributed by atoms with Crippen LogP contribution in [0.3, 0.4) is 0 Å². The van der Waals surface area contributed by atoms with Gasteiger partial charge in [-0.05, 0) is 42.7 Å². The molecule has 25 heavy (non-hydrogen) atoms. The second-order valence-corrected chi connectivity index (χ2v) is 6.95. The predicted molar refractivity (Wildman–Crippen MR) is 98.8 cm³/mol. The fourth-order valence-electron chi connectivity index (χ4n) is 2.64. The van der Waals surface area contributed by atoms with Gasteiger partial charge in [0.2, 0.25) is 0 Å². The zero-order valence-corrected chi connectivity index (χ0v) is 15.6. The van der Waals surface area contributed by atoms with Crippen LogP contribution in [0.25, 0.3) is 16.7 Å². The minimum atomic E-state index is -0.477. The Morgan fingerprint density at radius 3 is 2.64 bits per heavy atom. The van der Waals surface area contributed by atoms with Crippen molar-refractivity contribution < 1.29 is 9.53 Å². The van der Waals surface area contributed by atoms with Gasteiger partial charge < -0.3 is 4.74 Å². The highest BCUT2D eigenvalue weighted by atomic mass is 35.5. The molecule has 0 N–H and O–H groups in total. The molecule has 0 bridgehead atoms. The summed E-state index contributed by atoms with van der Waals surface area (Å²) in [6, 6.07) is 8.66. The van der Waals surface area contributed by atoms with E-state index >= 15 is 0 Å². The van der Waals surface area contributed by atoms with E-state index in [0.717, 1.165) is 17.6 Å². The SMILES string of the molecule is COC(=O)c1ccc2c(n1)c(CC(C)C)nn2-c1ccc(Cl)cc1Cl. The molecule has 3 rings (SSSR count). The number of nitrogens with zero attached hydrogens (tertiary/aromatic N) is 3. The van der Waals surface area contributed by atoms with E-state index in [1.54, 1.807) is 28.9 Å². The molecule has 3 aromatic rings. The van der Waals surface area contributed by atoms with E-state index in [0.29, 0.717) is 27.2 Å². The van der Waals surface area contributed by atoms with E-state index in [1.807, 2.05) is 6.07 Å². The Hall–Kier alpha value is -2.11. The van der Waals surface area contributed by atoms with Crippen molar-refractivity contribution >= 4 is 40.2 Å². The number of benzene rings is 1. The first kappa shape index (κ1) is 17.7. The third kappa shape index (κ3) is 3.48. The summed E-state index contributed by atoms with van der Waals surface area (Å²) < 4.78 is 6.50. The summed E-state index contributed by atoms with van der Waals surface area (Å²) in [7, 11) is 1.33. The molecule has 5 nitrogen and oxygen atoms in total. The third-order valence-electron chi connectivity index (χ3n) is 3.73. The van der Waals surface area contributed by atoms with Gasteiger partial charge >= 0.3 is 5.97 Å². The summed E-state index contributed by atoms with van der Waals surface area (Å²) in [4.78, 5) is 16.3. The van der Waals surface area contributed by atoms with Gasteiger partial charge in [0.05, 0.1) is 29.0 Å². The van der Waals surface area contributed by atoms with Gasteiger partial charge in [-0.25, -0.2) is 14.5 Å². The summed E-state index contributed by atoms with van der Waals surface area (Å²) >= 11 is 12.3. The number of aromatic nitrogens is 3. The van der Waals surface area contributed by atoms with Crippen molar-refractivity contribution in [3.63, 3.8) is 0 Å². The fraction of sp³-hybridized carbons (Fsp3) is 0.278. The molecule has 0 radical (unpaired) electrons. The van der Waals surface area contributed by atoms with Crippen LogP contribution >= 0.6 is 23.2 Å². The predicted octanol–water partition coefficient (Wildman–Crippen LogP) is 4.71. The lowest BCUT2D eigenvalue weighted by Crippen LogP contribution is -2.04. The van der Waals surface area contributed by atoms with Gasteiger partial charge in [0, 0.05) is 5.02 Å². The van der Waals surface area contributed by atoms with Crippen LogP contribution in [0.5, 0.6) is 0 Å². The number of hydrogen-bond donors (Lipinski definition) is 0. The molecule has 0 amide bonds. The van der Waals surface area contributed by atoms with E-state index in [9.17, 15) is 4.79 Å². The van der Waals surface area contributed by atoms with Crippen LogP contribution in [-0.4, -0.2) is 27.8 Å². The number of ether oxygens (including phenoxy) is 1. The Morgan fingerprint density at radius 2 is 2.00 bits per heavy atom.